The van der Waals surface area contributed by atoms with Crippen molar-refractivity contribution in [3.05, 3.63) is 35.1 Å². The van der Waals surface area contributed by atoms with Gasteiger partial charge in [0.25, 0.3) is 0 Å². The fourth-order valence-corrected chi connectivity index (χ4v) is 2.62. The van der Waals surface area contributed by atoms with Gasteiger partial charge in [-0.1, -0.05) is 6.92 Å². The van der Waals surface area contributed by atoms with Crippen molar-refractivity contribution in [2.24, 2.45) is 5.92 Å². The second kappa shape index (κ2) is 7.09. The predicted molar refractivity (Wildman–Crippen MR) is 72.9 cm³/mol. The summed E-state index contributed by atoms with van der Waals surface area (Å²) in [5.74, 6) is -2.41. The van der Waals surface area contributed by atoms with Gasteiger partial charge in [0.15, 0.2) is 11.6 Å². The Labute approximate surface area is 118 Å². The van der Waals surface area contributed by atoms with Gasteiger partial charge >= 0.3 is 0 Å². The zero-order chi connectivity index (χ0) is 14.5. The number of nitrogens with zero attached hydrogens (tertiary/aromatic N) is 1. The molecule has 0 spiro atoms. The second-order valence-corrected chi connectivity index (χ2v) is 5.60. The van der Waals surface area contributed by atoms with Crippen molar-refractivity contribution in [1.29, 1.82) is 0 Å². The third kappa shape index (κ3) is 4.21. The molecule has 1 heterocycles. The average molecular weight is 286 g/mol. The van der Waals surface area contributed by atoms with E-state index in [-0.39, 0.29) is 12.1 Å². The van der Waals surface area contributed by atoms with Crippen LogP contribution in [0, 0.1) is 23.4 Å². The van der Waals surface area contributed by atoms with Crippen LogP contribution in [0.2, 0.25) is 0 Å². The van der Waals surface area contributed by atoms with E-state index in [1.54, 1.807) is 0 Å². The zero-order valence-corrected chi connectivity index (χ0v) is 11.8. The molecule has 1 aliphatic heterocycles. The smallest absolute Gasteiger partial charge is 0.161 e. The lowest BCUT2D eigenvalue weighted by Gasteiger charge is -2.20. The van der Waals surface area contributed by atoms with Crippen molar-refractivity contribution >= 4 is 0 Å². The Hall–Kier alpha value is -1.07. The van der Waals surface area contributed by atoms with E-state index in [1.165, 1.54) is 12.8 Å². The first-order valence-corrected chi connectivity index (χ1v) is 7.12. The summed E-state index contributed by atoms with van der Waals surface area (Å²) in [6, 6.07) is 1.52. The lowest BCUT2D eigenvalue weighted by atomic mass is 10.1. The molecule has 2 nitrogen and oxygen atoms in total. The molecule has 0 amide bonds. The fourth-order valence-electron chi connectivity index (χ4n) is 2.62. The summed E-state index contributed by atoms with van der Waals surface area (Å²) in [7, 11) is 0. The van der Waals surface area contributed by atoms with Gasteiger partial charge in [-0.05, 0) is 44.5 Å². The van der Waals surface area contributed by atoms with Crippen molar-refractivity contribution < 1.29 is 13.2 Å². The third-order valence-electron chi connectivity index (χ3n) is 3.67. The van der Waals surface area contributed by atoms with Crippen LogP contribution in [0.4, 0.5) is 13.2 Å². The summed E-state index contributed by atoms with van der Waals surface area (Å²) in [5, 5.41) is 3.11. The molecule has 112 valence electrons. The molecule has 1 N–H and O–H groups in total. The first-order chi connectivity index (χ1) is 9.56. The van der Waals surface area contributed by atoms with Crippen LogP contribution in [0.3, 0.4) is 0 Å². The minimum Gasteiger partial charge on any atom is -0.312 e. The van der Waals surface area contributed by atoms with E-state index in [0.29, 0.717) is 12.0 Å². The van der Waals surface area contributed by atoms with Gasteiger partial charge in [0.2, 0.25) is 0 Å². The van der Waals surface area contributed by atoms with Gasteiger partial charge < -0.3 is 10.2 Å². The average Bonchev–Trinajstić information content (AvgIpc) is 2.88. The van der Waals surface area contributed by atoms with Crippen LogP contribution in [-0.4, -0.2) is 31.1 Å². The molecule has 1 aromatic carbocycles. The molecule has 1 aromatic rings. The Morgan fingerprint density at radius 1 is 1.10 bits per heavy atom. The summed E-state index contributed by atoms with van der Waals surface area (Å²) >= 11 is 0. The fraction of sp³-hybridized carbons (Fsp3) is 0.600. The normalized spacial score (nSPS) is 17.6. The highest BCUT2D eigenvalue weighted by Crippen LogP contribution is 2.14. The molecule has 0 radical (unpaired) electrons. The number of hydrogen-bond acceptors (Lipinski definition) is 2. The second-order valence-electron chi connectivity index (χ2n) is 5.60. The maximum absolute atomic E-state index is 13.4. The summed E-state index contributed by atoms with van der Waals surface area (Å²) in [6.45, 7) is 6.41. The van der Waals surface area contributed by atoms with E-state index in [2.05, 4.69) is 17.1 Å². The van der Waals surface area contributed by atoms with Crippen LogP contribution in [-0.2, 0) is 6.54 Å². The summed E-state index contributed by atoms with van der Waals surface area (Å²) in [4.78, 5) is 2.42. The van der Waals surface area contributed by atoms with E-state index in [4.69, 9.17) is 0 Å². The maximum atomic E-state index is 13.4. The van der Waals surface area contributed by atoms with Gasteiger partial charge in [-0.2, -0.15) is 0 Å². The minimum absolute atomic E-state index is 0.164. The molecule has 20 heavy (non-hydrogen) atoms. The van der Waals surface area contributed by atoms with Crippen molar-refractivity contribution in [2.45, 2.75) is 26.3 Å². The lowest BCUT2D eigenvalue weighted by Crippen LogP contribution is -2.31. The van der Waals surface area contributed by atoms with Crippen LogP contribution in [0.5, 0.6) is 0 Å². The van der Waals surface area contributed by atoms with Crippen molar-refractivity contribution in [3.8, 4) is 0 Å². The molecule has 2 rings (SSSR count). The molecule has 0 saturated carbocycles. The quantitative estimate of drug-likeness (QED) is 0.809. The van der Waals surface area contributed by atoms with Crippen molar-refractivity contribution in [3.63, 3.8) is 0 Å². The number of halogens is 3. The minimum atomic E-state index is -1.14. The van der Waals surface area contributed by atoms with Gasteiger partial charge in [-0.15, -0.1) is 0 Å². The van der Waals surface area contributed by atoms with Gasteiger partial charge in [0.05, 0.1) is 0 Å². The van der Waals surface area contributed by atoms with Gasteiger partial charge in [-0.25, -0.2) is 13.2 Å². The molecule has 1 aliphatic rings. The monoisotopic (exact) mass is 286 g/mol. The Morgan fingerprint density at radius 2 is 1.75 bits per heavy atom. The standard InChI is InChI=1S/C15H21F3N2/c1-11(10-20-4-2-3-5-20)8-19-9-12-6-14(17)15(18)7-13(12)16/h6-7,11,19H,2-5,8-10H2,1H3. The van der Waals surface area contributed by atoms with Gasteiger partial charge in [0.1, 0.15) is 5.82 Å². The Bertz CT molecular complexity index is 445. The molecule has 0 aliphatic carbocycles. The van der Waals surface area contributed by atoms with E-state index < -0.39 is 17.5 Å². The molecule has 1 fully saturated rings. The van der Waals surface area contributed by atoms with Gasteiger partial charge in [0, 0.05) is 24.7 Å². The van der Waals surface area contributed by atoms with Crippen LogP contribution in [0.15, 0.2) is 12.1 Å². The first kappa shape index (κ1) is 15.3. The highest BCUT2D eigenvalue weighted by Gasteiger charge is 2.15. The predicted octanol–water partition coefficient (Wildman–Crippen LogP) is 2.93. The number of likely N-dealkylation sites (tertiary alicyclic amines) is 1. The molecule has 1 atom stereocenters. The van der Waals surface area contributed by atoms with Gasteiger partial charge in [-0.3, -0.25) is 0 Å². The van der Waals surface area contributed by atoms with E-state index >= 15 is 0 Å². The topological polar surface area (TPSA) is 15.3 Å². The summed E-state index contributed by atoms with van der Waals surface area (Å²) in [5.41, 5.74) is 0.164. The first-order valence-electron chi connectivity index (χ1n) is 7.12. The van der Waals surface area contributed by atoms with E-state index in [1.807, 2.05) is 0 Å². The van der Waals surface area contributed by atoms with Crippen LogP contribution < -0.4 is 5.32 Å². The Balaban J connectivity index is 1.76. The number of benzene rings is 1. The Morgan fingerprint density at radius 3 is 2.45 bits per heavy atom. The van der Waals surface area contributed by atoms with E-state index in [9.17, 15) is 13.2 Å². The molecule has 1 unspecified atom stereocenters. The molecule has 1 saturated heterocycles. The highest BCUT2D eigenvalue weighted by atomic mass is 19.2. The summed E-state index contributed by atoms with van der Waals surface area (Å²) in [6.07, 6.45) is 2.53. The molecule has 0 bridgehead atoms. The number of hydrogen-bond donors (Lipinski definition) is 1. The molecule has 0 aromatic heterocycles. The maximum Gasteiger partial charge on any atom is 0.161 e. The van der Waals surface area contributed by atoms with Crippen LogP contribution in [0.1, 0.15) is 25.3 Å². The van der Waals surface area contributed by atoms with Crippen LogP contribution >= 0.6 is 0 Å². The number of rotatable bonds is 6. The van der Waals surface area contributed by atoms with Crippen LogP contribution in [0.25, 0.3) is 0 Å². The molecule has 5 heteroatoms. The van der Waals surface area contributed by atoms with Crippen molar-refractivity contribution in [2.75, 3.05) is 26.2 Å². The highest BCUT2D eigenvalue weighted by molar-refractivity contribution is 5.19. The summed E-state index contributed by atoms with van der Waals surface area (Å²) < 4.78 is 39.3. The number of nitrogens with one attached hydrogen (secondary N) is 1. The van der Waals surface area contributed by atoms with E-state index in [0.717, 1.165) is 32.2 Å². The largest absolute Gasteiger partial charge is 0.312 e. The Kier molecular flexibility index (Phi) is 5.43. The molecular formula is C15H21F3N2. The zero-order valence-electron chi connectivity index (χ0n) is 11.8. The third-order valence-corrected chi connectivity index (χ3v) is 3.67. The lowest BCUT2D eigenvalue weighted by molar-refractivity contribution is 0.282. The molecular weight excluding hydrogens is 265 g/mol. The SMILES string of the molecule is CC(CNCc1cc(F)c(F)cc1F)CN1CCCC1. The van der Waals surface area contributed by atoms with Crippen molar-refractivity contribution in [1.82, 2.24) is 10.2 Å².